The van der Waals surface area contributed by atoms with Crippen molar-refractivity contribution in [1.29, 1.82) is 0 Å². The number of para-hydroxylation sites is 1. The van der Waals surface area contributed by atoms with Crippen LogP contribution in [0.4, 0.5) is 10.1 Å². The summed E-state index contributed by atoms with van der Waals surface area (Å²) in [4.78, 5) is 26.6. The molecule has 0 aromatic heterocycles. The SMILES string of the molecule is C=CCN(Cc1cc(Br)ccc1F)C(=O)CCC1Cc2ccccc2NC1=O. The van der Waals surface area contributed by atoms with Gasteiger partial charge in [-0.05, 0) is 42.7 Å². The number of rotatable bonds is 7. The summed E-state index contributed by atoms with van der Waals surface area (Å²) in [6.07, 6.45) is 2.92. The summed E-state index contributed by atoms with van der Waals surface area (Å²) in [6.45, 7) is 4.18. The molecule has 0 fully saturated rings. The number of hydrogen-bond donors (Lipinski definition) is 1. The van der Waals surface area contributed by atoms with E-state index < -0.39 is 0 Å². The quantitative estimate of drug-likeness (QED) is 0.629. The van der Waals surface area contributed by atoms with Gasteiger partial charge in [-0.1, -0.05) is 40.2 Å². The molecule has 0 saturated heterocycles. The number of nitrogens with one attached hydrogen (secondary N) is 1. The van der Waals surface area contributed by atoms with E-state index >= 15 is 0 Å². The van der Waals surface area contributed by atoms with E-state index in [-0.39, 0.29) is 36.5 Å². The number of fused-ring (bicyclic) bond motifs is 1. The average Bonchev–Trinajstić information content (AvgIpc) is 2.68. The standard InChI is InChI=1S/C22H22BrFN2O2/c1-2-11-26(14-17-13-18(23)8-9-19(17)24)21(27)10-7-16-12-15-5-3-4-6-20(15)25-22(16)28/h2-6,8-9,13,16H,1,7,10-12,14H2,(H,25,28). The second-order valence-corrected chi connectivity index (χ2v) is 7.80. The lowest BCUT2D eigenvalue weighted by atomic mass is 9.89. The molecule has 2 aromatic carbocycles. The molecule has 146 valence electrons. The van der Waals surface area contributed by atoms with Crippen molar-refractivity contribution in [2.75, 3.05) is 11.9 Å². The number of amides is 2. The molecule has 0 bridgehead atoms. The normalized spacial score (nSPS) is 15.5. The fraction of sp³-hybridized carbons (Fsp3) is 0.273. The first-order valence-electron chi connectivity index (χ1n) is 9.19. The Morgan fingerprint density at radius 3 is 2.89 bits per heavy atom. The third-order valence-corrected chi connectivity index (χ3v) is 5.38. The van der Waals surface area contributed by atoms with Gasteiger partial charge in [-0.3, -0.25) is 9.59 Å². The molecule has 0 radical (unpaired) electrons. The van der Waals surface area contributed by atoms with E-state index in [4.69, 9.17) is 0 Å². The van der Waals surface area contributed by atoms with Crippen molar-refractivity contribution in [2.45, 2.75) is 25.8 Å². The number of carbonyl (C=O) groups excluding carboxylic acids is 2. The third kappa shape index (κ3) is 4.87. The molecular formula is C22H22BrFN2O2. The van der Waals surface area contributed by atoms with Crippen LogP contribution >= 0.6 is 15.9 Å². The maximum Gasteiger partial charge on any atom is 0.227 e. The Kier molecular flexibility index (Phi) is 6.62. The second kappa shape index (κ2) is 9.15. The lowest BCUT2D eigenvalue weighted by Crippen LogP contribution is -2.34. The maximum atomic E-state index is 14.1. The molecule has 1 unspecified atom stereocenters. The highest BCUT2D eigenvalue weighted by molar-refractivity contribution is 9.10. The van der Waals surface area contributed by atoms with Gasteiger partial charge in [0.15, 0.2) is 0 Å². The molecule has 1 heterocycles. The number of anilines is 1. The van der Waals surface area contributed by atoms with Crippen LogP contribution in [0.25, 0.3) is 0 Å². The van der Waals surface area contributed by atoms with Crippen molar-refractivity contribution in [3.63, 3.8) is 0 Å². The molecular weight excluding hydrogens is 423 g/mol. The molecule has 3 rings (SSSR count). The largest absolute Gasteiger partial charge is 0.335 e. The highest BCUT2D eigenvalue weighted by Gasteiger charge is 2.27. The summed E-state index contributed by atoms with van der Waals surface area (Å²) in [5.74, 6) is -0.772. The first kappa shape index (κ1) is 20.3. The zero-order valence-corrected chi connectivity index (χ0v) is 17.0. The van der Waals surface area contributed by atoms with Gasteiger partial charge < -0.3 is 10.2 Å². The summed E-state index contributed by atoms with van der Waals surface area (Å²) >= 11 is 3.33. The zero-order chi connectivity index (χ0) is 20.1. The molecule has 28 heavy (non-hydrogen) atoms. The van der Waals surface area contributed by atoms with Crippen molar-refractivity contribution in [3.05, 3.63) is 76.5 Å². The van der Waals surface area contributed by atoms with E-state index in [0.717, 1.165) is 15.7 Å². The molecule has 1 N–H and O–H groups in total. The van der Waals surface area contributed by atoms with E-state index in [9.17, 15) is 14.0 Å². The van der Waals surface area contributed by atoms with Crippen molar-refractivity contribution >= 4 is 33.4 Å². The molecule has 0 spiro atoms. The van der Waals surface area contributed by atoms with E-state index in [1.807, 2.05) is 24.3 Å². The topological polar surface area (TPSA) is 49.4 Å². The van der Waals surface area contributed by atoms with Gasteiger partial charge in [0.1, 0.15) is 5.82 Å². The molecule has 0 aliphatic carbocycles. The summed E-state index contributed by atoms with van der Waals surface area (Å²) in [5, 5.41) is 2.91. The van der Waals surface area contributed by atoms with E-state index in [1.54, 1.807) is 23.1 Å². The minimum atomic E-state index is -0.353. The van der Waals surface area contributed by atoms with Crippen LogP contribution in [-0.4, -0.2) is 23.3 Å². The van der Waals surface area contributed by atoms with Gasteiger partial charge in [-0.25, -0.2) is 4.39 Å². The third-order valence-electron chi connectivity index (χ3n) is 4.89. The predicted molar refractivity (Wildman–Crippen MR) is 111 cm³/mol. The molecule has 1 aliphatic heterocycles. The number of hydrogen-bond acceptors (Lipinski definition) is 2. The smallest absolute Gasteiger partial charge is 0.227 e. The molecule has 2 amide bonds. The van der Waals surface area contributed by atoms with Crippen molar-refractivity contribution in [2.24, 2.45) is 5.92 Å². The zero-order valence-electron chi connectivity index (χ0n) is 15.5. The molecule has 1 atom stereocenters. The summed E-state index contributed by atoms with van der Waals surface area (Å²) in [7, 11) is 0. The van der Waals surface area contributed by atoms with Crippen LogP contribution in [0.2, 0.25) is 0 Å². The molecule has 4 nitrogen and oxygen atoms in total. The first-order valence-corrected chi connectivity index (χ1v) is 9.98. The van der Waals surface area contributed by atoms with Crippen LogP contribution in [0.3, 0.4) is 0 Å². The fourth-order valence-corrected chi connectivity index (χ4v) is 3.79. The molecule has 2 aromatic rings. The van der Waals surface area contributed by atoms with Crippen molar-refractivity contribution < 1.29 is 14.0 Å². The highest BCUT2D eigenvalue weighted by Crippen LogP contribution is 2.28. The Balaban J connectivity index is 1.64. The Labute approximate surface area is 172 Å². The van der Waals surface area contributed by atoms with Crippen LogP contribution in [0.15, 0.2) is 59.6 Å². The van der Waals surface area contributed by atoms with Crippen LogP contribution in [0.1, 0.15) is 24.0 Å². The van der Waals surface area contributed by atoms with Gasteiger partial charge in [0.05, 0.1) is 0 Å². The molecule has 1 aliphatic rings. The first-order chi connectivity index (χ1) is 13.5. The Hall–Kier alpha value is -2.47. The van der Waals surface area contributed by atoms with E-state index in [1.165, 1.54) is 6.07 Å². The predicted octanol–water partition coefficient (Wildman–Crippen LogP) is 4.69. The van der Waals surface area contributed by atoms with Crippen LogP contribution in [0.5, 0.6) is 0 Å². The lowest BCUT2D eigenvalue weighted by molar-refractivity contribution is -0.131. The van der Waals surface area contributed by atoms with Gasteiger partial charge in [0.2, 0.25) is 11.8 Å². The monoisotopic (exact) mass is 444 g/mol. The van der Waals surface area contributed by atoms with Crippen LogP contribution in [0, 0.1) is 11.7 Å². The summed E-state index contributed by atoms with van der Waals surface area (Å²) < 4.78 is 14.8. The fourth-order valence-electron chi connectivity index (χ4n) is 3.38. The number of halogens is 2. The minimum absolute atomic E-state index is 0.0557. The molecule has 6 heteroatoms. The van der Waals surface area contributed by atoms with Gasteiger partial charge in [0.25, 0.3) is 0 Å². The average molecular weight is 445 g/mol. The van der Waals surface area contributed by atoms with E-state index in [2.05, 4.69) is 27.8 Å². The minimum Gasteiger partial charge on any atom is -0.335 e. The Morgan fingerprint density at radius 2 is 2.11 bits per heavy atom. The second-order valence-electron chi connectivity index (χ2n) is 6.88. The Morgan fingerprint density at radius 1 is 1.32 bits per heavy atom. The van der Waals surface area contributed by atoms with E-state index in [0.29, 0.717) is 24.9 Å². The molecule has 0 saturated carbocycles. The van der Waals surface area contributed by atoms with Crippen molar-refractivity contribution in [1.82, 2.24) is 4.90 Å². The number of carbonyl (C=O) groups is 2. The van der Waals surface area contributed by atoms with Gasteiger partial charge in [-0.2, -0.15) is 0 Å². The van der Waals surface area contributed by atoms with Gasteiger partial charge >= 0.3 is 0 Å². The maximum absolute atomic E-state index is 14.1. The van der Waals surface area contributed by atoms with Gasteiger partial charge in [-0.15, -0.1) is 6.58 Å². The lowest BCUT2D eigenvalue weighted by Gasteiger charge is -2.26. The number of benzene rings is 2. The van der Waals surface area contributed by atoms with Gasteiger partial charge in [0, 0.05) is 41.2 Å². The summed E-state index contributed by atoms with van der Waals surface area (Å²) in [5.41, 5.74) is 2.36. The summed E-state index contributed by atoms with van der Waals surface area (Å²) in [6, 6.07) is 12.4. The number of nitrogens with zero attached hydrogens (tertiary/aromatic N) is 1. The van der Waals surface area contributed by atoms with Crippen molar-refractivity contribution in [3.8, 4) is 0 Å². The Bertz CT molecular complexity index is 900. The highest BCUT2D eigenvalue weighted by atomic mass is 79.9. The van der Waals surface area contributed by atoms with Crippen LogP contribution < -0.4 is 5.32 Å². The van der Waals surface area contributed by atoms with Crippen LogP contribution in [-0.2, 0) is 22.6 Å².